The van der Waals surface area contributed by atoms with E-state index in [4.69, 9.17) is 0 Å². The van der Waals surface area contributed by atoms with Gasteiger partial charge in [-0.05, 0) is 96.8 Å². The van der Waals surface area contributed by atoms with Crippen LogP contribution in [0.15, 0.2) is 12.7 Å². The summed E-state index contributed by atoms with van der Waals surface area (Å²) in [6.45, 7) is 15.1. The van der Waals surface area contributed by atoms with Crippen molar-refractivity contribution in [1.29, 1.82) is 0 Å². The van der Waals surface area contributed by atoms with E-state index in [9.17, 15) is 9.59 Å². The predicted octanol–water partition coefficient (Wildman–Crippen LogP) is 3.32. The molecule has 6 aliphatic rings. The van der Waals surface area contributed by atoms with Crippen LogP contribution in [0.3, 0.4) is 0 Å². The van der Waals surface area contributed by atoms with E-state index in [2.05, 4.69) is 60.1 Å². The van der Waals surface area contributed by atoms with Crippen LogP contribution < -0.4 is 16.0 Å². The third-order valence-electron chi connectivity index (χ3n) is 12.4. The summed E-state index contributed by atoms with van der Waals surface area (Å²) in [6, 6.07) is -0.860. The Morgan fingerprint density at radius 2 is 1.80 bits per heavy atom. The molecule has 6 fully saturated rings. The number of urea groups is 1. The van der Waals surface area contributed by atoms with Gasteiger partial charge in [-0.15, -0.1) is 0 Å². The number of carbonyl (C=O) groups is 2. The Morgan fingerprint density at radius 3 is 2.53 bits per heavy atom. The Balaban J connectivity index is 1.40. The molecule has 13 atom stereocenters. The molecular weight excluding hydrogens is 576 g/mol. The van der Waals surface area contributed by atoms with Crippen LogP contribution in [0.25, 0.3) is 0 Å². The maximum atomic E-state index is 16.7. The van der Waals surface area contributed by atoms with E-state index in [0.29, 0.717) is 31.3 Å². The summed E-state index contributed by atoms with van der Waals surface area (Å²) in [6.07, 6.45) is 3.64. The molecule has 1 aliphatic carbocycles. The van der Waals surface area contributed by atoms with Gasteiger partial charge in [-0.3, -0.25) is 15.0 Å². The topological polar surface area (TPSA) is 83.2 Å². The first-order valence-corrected chi connectivity index (χ1v) is 17.8. The molecule has 3 amide bonds. The second-order valence-corrected chi connectivity index (χ2v) is 15.4. The van der Waals surface area contributed by atoms with Crippen LogP contribution in [0.5, 0.6) is 0 Å². The molecule has 45 heavy (non-hydrogen) atoms. The van der Waals surface area contributed by atoms with E-state index in [1.807, 2.05) is 16.7 Å². The lowest BCUT2D eigenvalue weighted by Gasteiger charge is -2.61. The molecule has 5 saturated heterocycles. The SMILES string of the molecule is C=CC(=O)N1C[C@H](C)N(C2NC(=O)N3C4NC(C(F)CC42)C2C(F)CCCC2N(C)CCCC2CCNC(C(C)C)C23)C[C@H]1C. The van der Waals surface area contributed by atoms with Gasteiger partial charge in [0.05, 0.1) is 18.4 Å². The largest absolute Gasteiger partial charge is 0.334 e. The van der Waals surface area contributed by atoms with Crippen molar-refractivity contribution in [2.24, 2.45) is 23.7 Å². The molecular formula is C34H57F2N7O2. The van der Waals surface area contributed by atoms with E-state index in [-0.39, 0.29) is 54.5 Å². The average Bonchev–Trinajstić information content (AvgIpc) is 3.00. The minimum Gasteiger partial charge on any atom is -0.334 e. The van der Waals surface area contributed by atoms with E-state index >= 15 is 8.78 Å². The van der Waals surface area contributed by atoms with Crippen molar-refractivity contribution in [3.8, 4) is 0 Å². The molecule has 0 aromatic carbocycles. The number of nitrogens with zero attached hydrogens (tertiary/aromatic N) is 4. The van der Waals surface area contributed by atoms with Gasteiger partial charge in [-0.1, -0.05) is 20.4 Å². The Morgan fingerprint density at radius 1 is 1.02 bits per heavy atom. The number of rotatable bonds is 3. The van der Waals surface area contributed by atoms with Crippen molar-refractivity contribution in [2.45, 2.75) is 134 Å². The molecule has 1 saturated carbocycles. The fourth-order valence-corrected chi connectivity index (χ4v) is 10.2. The number of piperazine rings is 1. The fraction of sp³-hybridized carbons (Fsp3) is 0.882. The Bertz CT molecular complexity index is 1100. The number of halogens is 2. The first-order chi connectivity index (χ1) is 21.5. The molecule has 0 spiro atoms. The summed E-state index contributed by atoms with van der Waals surface area (Å²) in [5, 5.41) is 10.9. The molecule has 254 valence electrons. The molecule has 11 unspecified atom stereocenters. The van der Waals surface area contributed by atoms with Gasteiger partial charge in [0.1, 0.15) is 12.3 Å². The zero-order valence-corrected chi connectivity index (χ0v) is 28.0. The quantitative estimate of drug-likeness (QED) is 0.414. The van der Waals surface area contributed by atoms with Crippen molar-refractivity contribution < 1.29 is 18.4 Å². The van der Waals surface area contributed by atoms with Gasteiger partial charge in [0.25, 0.3) is 0 Å². The summed E-state index contributed by atoms with van der Waals surface area (Å²) < 4.78 is 32.7. The van der Waals surface area contributed by atoms with Gasteiger partial charge in [0, 0.05) is 55.1 Å². The zero-order chi connectivity index (χ0) is 32.2. The number of amides is 3. The second-order valence-electron chi connectivity index (χ2n) is 15.4. The summed E-state index contributed by atoms with van der Waals surface area (Å²) >= 11 is 0. The van der Waals surface area contributed by atoms with Gasteiger partial charge in [0.2, 0.25) is 5.91 Å². The van der Waals surface area contributed by atoms with E-state index in [1.54, 1.807) is 0 Å². The third kappa shape index (κ3) is 6.04. The highest BCUT2D eigenvalue weighted by atomic mass is 19.1. The molecule has 9 nitrogen and oxygen atoms in total. The fourth-order valence-electron chi connectivity index (χ4n) is 10.2. The Labute approximate surface area is 268 Å². The highest BCUT2D eigenvalue weighted by Crippen LogP contribution is 2.44. The summed E-state index contributed by atoms with van der Waals surface area (Å²) in [5.74, 6) is -0.165. The molecule has 11 heteroatoms. The van der Waals surface area contributed by atoms with Crippen molar-refractivity contribution in [1.82, 2.24) is 35.6 Å². The van der Waals surface area contributed by atoms with E-state index in [0.717, 1.165) is 45.2 Å². The number of hydrogen-bond donors (Lipinski definition) is 3. The van der Waals surface area contributed by atoms with Gasteiger partial charge in [-0.2, -0.15) is 0 Å². The van der Waals surface area contributed by atoms with Crippen LogP contribution in [-0.2, 0) is 4.79 Å². The number of nitrogens with one attached hydrogen (secondary N) is 3. The molecule has 6 rings (SSSR count). The lowest BCUT2D eigenvalue weighted by Crippen LogP contribution is -2.80. The number of carbonyl (C=O) groups excluding carboxylic acids is 2. The summed E-state index contributed by atoms with van der Waals surface area (Å²) in [5.41, 5.74) is 0. The van der Waals surface area contributed by atoms with Crippen molar-refractivity contribution >= 4 is 11.9 Å². The maximum absolute atomic E-state index is 16.7. The average molecular weight is 634 g/mol. The highest BCUT2D eigenvalue weighted by molar-refractivity contribution is 5.87. The smallest absolute Gasteiger partial charge is 0.320 e. The number of hydrogen-bond acceptors (Lipinski definition) is 6. The molecule has 5 aliphatic heterocycles. The lowest BCUT2D eigenvalue weighted by atomic mass is 9.71. The molecule has 5 heterocycles. The van der Waals surface area contributed by atoms with Crippen molar-refractivity contribution in [3.63, 3.8) is 0 Å². The number of piperidine rings is 2. The standard InChI is InChI=1S/C34H57F2N7O2/c1-7-27(44)41-17-21(5)42(18-20(41)4)32-23-16-25(36)30-28-24(35)11-8-12-26(28)40(6)15-9-10-22-13-14-37-29(19(2)3)31(22)43(33(23)38-30)34(45)39-32/h7,19-26,28-33,37-38H,1,8-18H2,2-6H3,(H,39,45)/t20-,21+,22?,23?,24?,25?,26?,28?,29?,30?,31?,32?,33?/m1/s1. The number of fused-ring (bicyclic) bond motifs is 5. The van der Waals surface area contributed by atoms with Crippen LogP contribution >= 0.6 is 0 Å². The molecule has 0 aromatic heterocycles. The van der Waals surface area contributed by atoms with Gasteiger partial charge < -0.3 is 25.3 Å². The highest BCUT2D eigenvalue weighted by Gasteiger charge is 2.58. The van der Waals surface area contributed by atoms with Crippen LogP contribution in [-0.4, -0.2) is 126 Å². The maximum Gasteiger partial charge on any atom is 0.320 e. The van der Waals surface area contributed by atoms with Crippen LogP contribution in [0.4, 0.5) is 13.6 Å². The predicted molar refractivity (Wildman–Crippen MR) is 172 cm³/mol. The number of alkyl halides is 2. The van der Waals surface area contributed by atoms with E-state index in [1.165, 1.54) is 6.08 Å². The van der Waals surface area contributed by atoms with Gasteiger partial charge >= 0.3 is 6.03 Å². The lowest BCUT2D eigenvalue weighted by molar-refractivity contribution is -0.137. The monoisotopic (exact) mass is 633 g/mol. The summed E-state index contributed by atoms with van der Waals surface area (Å²) in [7, 11) is 2.10. The van der Waals surface area contributed by atoms with Crippen LogP contribution in [0.2, 0.25) is 0 Å². The Hall–Kier alpha value is -1.82. The minimum atomic E-state index is -1.23. The molecule has 0 aromatic rings. The van der Waals surface area contributed by atoms with Crippen molar-refractivity contribution in [2.75, 3.05) is 33.2 Å². The van der Waals surface area contributed by atoms with Crippen LogP contribution in [0, 0.1) is 23.7 Å². The second kappa shape index (κ2) is 13.4. The molecule has 3 N–H and O–H groups in total. The van der Waals surface area contributed by atoms with Crippen molar-refractivity contribution in [3.05, 3.63) is 12.7 Å². The summed E-state index contributed by atoms with van der Waals surface area (Å²) in [4.78, 5) is 35.6. The first-order valence-electron chi connectivity index (χ1n) is 17.8. The Kier molecular flexibility index (Phi) is 9.82. The van der Waals surface area contributed by atoms with Crippen LogP contribution in [0.1, 0.15) is 72.6 Å². The van der Waals surface area contributed by atoms with Gasteiger partial charge in [0.15, 0.2) is 0 Å². The van der Waals surface area contributed by atoms with E-state index < -0.39 is 36.6 Å². The first kappa shape index (κ1) is 33.1. The normalized spacial score (nSPS) is 45.1. The molecule has 0 radical (unpaired) electrons. The van der Waals surface area contributed by atoms with Gasteiger partial charge in [-0.25, -0.2) is 13.6 Å². The third-order valence-corrected chi connectivity index (χ3v) is 12.4. The zero-order valence-electron chi connectivity index (χ0n) is 28.0. The minimum absolute atomic E-state index is 0.0225. The molecule has 2 bridgehead atoms.